The lowest BCUT2D eigenvalue weighted by atomic mass is 10.1. The standard InChI is InChI=1S/C25H30N2O5/c1-5-7-8-17(6-2)27(25(28)29)18-9-11-19(12-10-18)32-22-13-14-26-21-16-24(31-4)23(30-3)15-20(21)22/h9-17H,5-8H2,1-4H3,(H,28,29). The summed E-state index contributed by atoms with van der Waals surface area (Å²) in [4.78, 5) is 17.8. The van der Waals surface area contributed by atoms with Gasteiger partial charge in [0.2, 0.25) is 0 Å². The molecule has 170 valence electrons. The van der Waals surface area contributed by atoms with E-state index in [-0.39, 0.29) is 6.04 Å². The molecule has 0 aliphatic rings. The Morgan fingerprint density at radius 3 is 2.31 bits per heavy atom. The molecule has 1 N–H and O–H groups in total. The lowest BCUT2D eigenvalue weighted by molar-refractivity contribution is 0.198. The average molecular weight is 439 g/mol. The van der Waals surface area contributed by atoms with Crippen LogP contribution in [0.25, 0.3) is 10.9 Å². The highest BCUT2D eigenvalue weighted by molar-refractivity contribution is 5.89. The summed E-state index contributed by atoms with van der Waals surface area (Å²) in [7, 11) is 3.16. The molecule has 0 spiro atoms. The molecule has 7 heteroatoms. The summed E-state index contributed by atoms with van der Waals surface area (Å²) in [5.74, 6) is 2.40. The molecule has 0 fully saturated rings. The molecule has 0 aliphatic heterocycles. The Morgan fingerprint density at radius 2 is 1.72 bits per heavy atom. The van der Waals surface area contributed by atoms with Crippen LogP contribution in [0.4, 0.5) is 10.5 Å². The van der Waals surface area contributed by atoms with Crippen LogP contribution in [0.3, 0.4) is 0 Å². The molecule has 7 nitrogen and oxygen atoms in total. The average Bonchev–Trinajstić information content (AvgIpc) is 2.81. The molecule has 1 heterocycles. The van der Waals surface area contributed by atoms with Gasteiger partial charge in [0.1, 0.15) is 11.5 Å². The van der Waals surface area contributed by atoms with Crippen molar-refractivity contribution in [1.82, 2.24) is 4.98 Å². The van der Waals surface area contributed by atoms with Crippen LogP contribution >= 0.6 is 0 Å². The monoisotopic (exact) mass is 438 g/mol. The number of methoxy groups -OCH3 is 2. The van der Waals surface area contributed by atoms with E-state index < -0.39 is 6.09 Å². The van der Waals surface area contributed by atoms with Crippen LogP contribution in [-0.2, 0) is 0 Å². The Morgan fingerprint density at radius 1 is 1.03 bits per heavy atom. The fraction of sp³-hybridized carbons (Fsp3) is 0.360. The van der Waals surface area contributed by atoms with Crippen LogP contribution in [0.5, 0.6) is 23.0 Å². The van der Waals surface area contributed by atoms with Gasteiger partial charge in [0.25, 0.3) is 0 Å². The van der Waals surface area contributed by atoms with E-state index >= 15 is 0 Å². The molecule has 3 rings (SSSR count). The van der Waals surface area contributed by atoms with Gasteiger partial charge in [-0.25, -0.2) is 4.79 Å². The first-order valence-electron chi connectivity index (χ1n) is 10.8. The zero-order chi connectivity index (χ0) is 23.1. The Bertz CT molecular complexity index is 1050. The molecule has 0 saturated carbocycles. The molecule has 1 unspecified atom stereocenters. The van der Waals surface area contributed by atoms with Gasteiger partial charge in [-0.05, 0) is 49.2 Å². The Labute approximate surface area is 188 Å². The molecule has 1 amide bonds. The lowest BCUT2D eigenvalue weighted by Gasteiger charge is -2.28. The second-order valence-electron chi connectivity index (χ2n) is 7.49. The van der Waals surface area contributed by atoms with E-state index in [2.05, 4.69) is 11.9 Å². The fourth-order valence-corrected chi connectivity index (χ4v) is 3.77. The second-order valence-corrected chi connectivity index (χ2v) is 7.49. The van der Waals surface area contributed by atoms with E-state index in [0.717, 1.165) is 36.6 Å². The third kappa shape index (κ3) is 5.04. The number of fused-ring (bicyclic) bond motifs is 1. The second kappa shape index (κ2) is 10.7. The first-order valence-corrected chi connectivity index (χ1v) is 10.8. The van der Waals surface area contributed by atoms with Crippen LogP contribution in [0.2, 0.25) is 0 Å². The molecule has 3 aromatic rings. The predicted octanol–water partition coefficient (Wildman–Crippen LogP) is 6.50. The quantitative estimate of drug-likeness (QED) is 0.389. The first-order chi connectivity index (χ1) is 15.5. The van der Waals surface area contributed by atoms with Crippen molar-refractivity contribution in [1.29, 1.82) is 0 Å². The number of unbranched alkanes of at least 4 members (excludes halogenated alkanes) is 1. The Kier molecular flexibility index (Phi) is 7.76. The predicted molar refractivity (Wildman–Crippen MR) is 125 cm³/mol. The van der Waals surface area contributed by atoms with Gasteiger partial charge in [0.15, 0.2) is 11.5 Å². The van der Waals surface area contributed by atoms with Crippen LogP contribution in [-0.4, -0.2) is 36.4 Å². The van der Waals surface area contributed by atoms with Gasteiger partial charge >= 0.3 is 6.09 Å². The van der Waals surface area contributed by atoms with Gasteiger partial charge in [-0.2, -0.15) is 0 Å². The van der Waals surface area contributed by atoms with E-state index in [0.29, 0.717) is 28.7 Å². The third-order valence-corrected chi connectivity index (χ3v) is 5.48. The molecular weight excluding hydrogens is 408 g/mol. The molecule has 0 bridgehead atoms. The molecule has 0 radical (unpaired) electrons. The smallest absolute Gasteiger partial charge is 0.412 e. The van der Waals surface area contributed by atoms with E-state index in [1.165, 1.54) is 4.90 Å². The SMILES string of the molecule is CCCCC(CC)N(C(=O)O)c1ccc(Oc2ccnc3cc(OC)c(OC)cc23)cc1. The number of benzene rings is 2. The summed E-state index contributed by atoms with van der Waals surface area (Å²) in [5.41, 5.74) is 1.36. The van der Waals surface area contributed by atoms with Crippen molar-refractivity contribution >= 4 is 22.7 Å². The number of carbonyl (C=O) groups is 1. The lowest BCUT2D eigenvalue weighted by Crippen LogP contribution is -2.39. The van der Waals surface area contributed by atoms with E-state index in [1.807, 2.05) is 13.0 Å². The van der Waals surface area contributed by atoms with Gasteiger partial charge < -0.3 is 19.3 Å². The first kappa shape index (κ1) is 23.2. The van der Waals surface area contributed by atoms with Crippen LogP contribution < -0.4 is 19.1 Å². The van der Waals surface area contributed by atoms with Gasteiger partial charge in [-0.1, -0.05) is 26.7 Å². The zero-order valence-corrected chi connectivity index (χ0v) is 19.0. The maximum absolute atomic E-state index is 12.0. The van der Waals surface area contributed by atoms with Crippen molar-refractivity contribution < 1.29 is 24.1 Å². The van der Waals surface area contributed by atoms with Gasteiger partial charge in [-0.3, -0.25) is 9.88 Å². The minimum atomic E-state index is -0.942. The molecule has 0 saturated heterocycles. The number of nitrogens with zero attached hydrogens (tertiary/aromatic N) is 2. The number of ether oxygens (including phenoxy) is 3. The highest BCUT2D eigenvalue weighted by atomic mass is 16.5. The summed E-state index contributed by atoms with van der Waals surface area (Å²) >= 11 is 0. The number of pyridine rings is 1. The van der Waals surface area contributed by atoms with Gasteiger partial charge in [-0.15, -0.1) is 0 Å². The highest BCUT2D eigenvalue weighted by Gasteiger charge is 2.23. The summed E-state index contributed by atoms with van der Waals surface area (Å²) in [6.07, 6.45) is 4.36. The number of hydrogen-bond acceptors (Lipinski definition) is 5. The summed E-state index contributed by atoms with van der Waals surface area (Å²) in [6.45, 7) is 4.13. The van der Waals surface area contributed by atoms with Gasteiger partial charge in [0.05, 0.1) is 19.7 Å². The maximum atomic E-state index is 12.0. The summed E-state index contributed by atoms with van der Waals surface area (Å²) in [5, 5.41) is 10.6. The van der Waals surface area contributed by atoms with Gasteiger partial charge in [0, 0.05) is 29.4 Å². The minimum absolute atomic E-state index is 0.0502. The van der Waals surface area contributed by atoms with Crippen molar-refractivity contribution in [2.45, 2.75) is 45.6 Å². The third-order valence-electron chi connectivity index (χ3n) is 5.48. The number of anilines is 1. The van der Waals surface area contributed by atoms with Crippen molar-refractivity contribution in [3.05, 3.63) is 48.7 Å². The Balaban J connectivity index is 1.88. The molecule has 32 heavy (non-hydrogen) atoms. The van der Waals surface area contributed by atoms with Crippen molar-refractivity contribution in [2.75, 3.05) is 19.1 Å². The molecule has 2 aromatic carbocycles. The van der Waals surface area contributed by atoms with Crippen molar-refractivity contribution in [2.24, 2.45) is 0 Å². The molecule has 0 aliphatic carbocycles. The number of carboxylic acid groups (broad SMARTS) is 1. The number of amides is 1. The largest absolute Gasteiger partial charge is 0.493 e. The van der Waals surface area contributed by atoms with E-state index in [4.69, 9.17) is 14.2 Å². The van der Waals surface area contributed by atoms with E-state index in [9.17, 15) is 9.90 Å². The summed E-state index contributed by atoms with van der Waals surface area (Å²) in [6, 6.07) is 12.5. The maximum Gasteiger partial charge on any atom is 0.412 e. The van der Waals surface area contributed by atoms with Crippen molar-refractivity contribution in [3.8, 4) is 23.0 Å². The topological polar surface area (TPSA) is 81.1 Å². The minimum Gasteiger partial charge on any atom is -0.493 e. The van der Waals surface area contributed by atoms with Crippen LogP contribution in [0, 0.1) is 0 Å². The normalized spacial score (nSPS) is 11.8. The molecule has 1 aromatic heterocycles. The molecule has 1 atom stereocenters. The number of rotatable bonds is 10. The molecular formula is C25H30N2O5. The Hall–Kier alpha value is -3.48. The number of hydrogen-bond donors (Lipinski definition) is 1. The summed E-state index contributed by atoms with van der Waals surface area (Å²) < 4.78 is 16.9. The number of aromatic nitrogens is 1. The van der Waals surface area contributed by atoms with E-state index in [1.54, 1.807) is 56.8 Å². The fourth-order valence-electron chi connectivity index (χ4n) is 3.77. The van der Waals surface area contributed by atoms with Crippen LogP contribution in [0.1, 0.15) is 39.5 Å². The van der Waals surface area contributed by atoms with Crippen LogP contribution in [0.15, 0.2) is 48.7 Å². The van der Waals surface area contributed by atoms with Crippen molar-refractivity contribution in [3.63, 3.8) is 0 Å². The highest BCUT2D eigenvalue weighted by Crippen LogP contribution is 2.37. The zero-order valence-electron chi connectivity index (χ0n) is 19.0.